The zero-order valence-corrected chi connectivity index (χ0v) is 10.7. The molecule has 1 aromatic carbocycles. The first-order valence-corrected chi connectivity index (χ1v) is 6.43. The first-order chi connectivity index (χ1) is 9.47. The third kappa shape index (κ3) is 2.09. The van der Waals surface area contributed by atoms with Crippen molar-refractivity contribution < 1.29 is 13.2 Å². The second kappa shape index (κ2) is 4.45. The fourth-order valence-corrected chi connectivity index (χ4v) is 2.68. The summed E-state index contributed by atoms with van der Waals surface area (Å²) < 4.78 is 41.6. The smallest absolute Gasteiger partial charge is 0.275 e. The number of pyridine rings is 1. The van der Waals surface area contributed by atoms with Gasteiger partial charge in [0.15, 0.2) is 0 Å². The molecule has 3 rings (SSSR count). The lowest BCUT2D eigenvalue weighted by Crippen LogP contribution is -2.11. The van der Waals surface area contributed by atoms with Gasteiger partial charge in [0.25, 0.3) is 5.56 Å². The van der Waals surface area contributed by atoms with Gasteiger partial charge in [0.05, 0.1) is 16.6 Å². The number of halogens is 3. The van der Waals surface area contributed by atoms with E-state index in [1.54, 1.807) is 30.3 Å². The minimum atomic E-state index is -4.60. The monoisotopic (exact) mass is 296 g/mol. The summed E-state index contributed by atoms with van der Waals surface area (Å²) in [5, 5.41) is -0.401. The summed E-state index contributed by atoms with van der Waals surface area (Å²) in [5.74, 6) is 0. The predicted octanol–water partition coefficient (Wildman–Crippen LogP) is 3.67. The van der Waals surface area contributed by atoms with Crippen molar-refractivity contribution in [3.63, 3.8) is 0 Å². The summed E-state index contributed by atoms with van der Waals surface area (Å²) in [6.45, 7) is 0. The van der Waals surface area contributed by atoms with Crippen LogP contribution < -0.4 is 5.56 Å². The average molecular weight is 296 g/mol. The van der Waals surface area contributed by atoms with Crippen molar-refractivity contribution >= 4 is 21.7 Å². The normalized spacial score (nSPS) is 11.9. The first kappa shape index (κ1) is 12.9. The van der Waals surface area contributed by atoms with Crippen LogP contribution in [0.1, 0.15) is 5.56 Å². The highest BCUT2D eigenvalue weighted by Gasteiger charge is 2.35. The standard InChI is InChI=1S/C13H7F3N2OS/c14-13(15,16)8-6-9(7-4-2-1-3-5-7)17-12-10(8)11(19)18-20-12/h1-6H,(H,18,19). The maximum atomic E-state index is 13.1. The van der Waals surface area contributed by atoms with Gasteiger partial charge in [-0.15, -0.1) is 0 Å². The van der Waals surface area contributed by atoms with Crippen LogP contribution >= 0.6 is 11.5 Å². The van der Waals surface area contributed by atoms with E-state index >= 15 is 0 Å². The zero-order valence-electron chi connectivity index (χ0n) is 9.86. The Morgan fingerprint density at radius 2 is 1.85 bits per heavy atom. The largest absolute Gasteiger partial charge is 0.417 e. The molecular formula is C13H7F3N2OS. The molecule has 3 aromatic rings. The van der Waals surface area contributed by atoms with E-state index in [1.165, 1.54) is 0 Å². The van der Waals surface area contributed by atoms with E-state index in [1.807, 2.05) is 0 Å². The van der Waals surface area contributed by atoms with Gasteiger partial charge in [0, 0.05) is 5.56 Å². The minimum Gasteiger partial charge on any atom is -0.275 e. The fourth-order valence-electron chi connectivity index (χ4n) is 1.94. The van der Waals surface area contributed by atoms with Crippen LogP contribution in [0.4, 0.5) is 13.2 Å². The fraction of sp³-hybridized carbons (Fsp3) is 0.0769. The van der Waals surface area contributed by atoms with Crippen molar-refractivity contribution in [2.75, 3.05) is 0 Å². The van der Waals surface area contributed by atoms with Crippen molar-refractivity contribution in [3.05, 3.63) is 52.3 Å². The van der Waals surface area contributed by atoms with E-state index in [4.69, 9.17) is 0 Å². The van der Waals surface area contributed by atoms with Crippen LogP contribution in [0.5, 0.6) is 0 Å². The van der Waals surface area contributed by atoms with E-state index in [9.17, 15) is 18.0 Å². The lowest BCUT2D eigenvalue weighted by atomic mass is 10.1. The molecule has 0 saturated heterocycles. The molecular weight excluding hydrogens is 289 g/mol. The number of hydrogen-bond donors (Lipinski definition) is 1. The highest BCUT2D eigenvalue weighted by molar-refractivity contribution is 7.12. The summed E-state index contributed by atoms with van der Waals surface area (Å²) in [4.78, 5) is 15.7. The molecule has 0 aliphatic carbocycles. The number of fused-ring (bicyclic) bond motifs is 1. The molecule has 3 nitrogen and oxygen atoms in total. The summed E-state index contributed by atoms with van der Waals surface area (Å²) in [7, 11) is 0. The molecule has 2 aromatic heterocycles. The number of benzene rings is 1. The number of hydrogen-bond acceptors (Lipinski definition) is 3. The van der Waals surface area contributed by atoms with Crippen LogP contribution in [0, 0.1) is 0 Å². The van der Waals surface area contributed by atoms with E-state index in [2.05, 4.69) is 9.36 Å². The quantitative estimate of drug-likeness (QED) is 0.744. The highest BCUT2D eigenvalue weighted by Crippen LogP contribution is 2.36. The van der Waals surface area contributed by atoms with Crippen molar-refractivity contribution in [2.24, 2.45) is 0 Å². The summed E-state index contributed by atoms with van der Waals surface area (Å²) in [6, 6.07) is 9.45. The lowest BCUT2D eigenvalue weighted by Gasteiger charge is -2.09. The maximum absolute atomic E-state index is 13.1. The topological polar surface area (TPSA) is 45.8 Å². The van der Waals surface area contributed by atoms with E-state index in [0.29, 0.717) is 5.56 Å². The third-order valence-corrected chi connectivity index (χ3v) is 3.60. The molecule has 0 aliphatic heterocycles. The number of aromatic amines is 1. The number of nitrogens with one attached hydrogen (secondary N) is 1. The molecule has 0 aliphatic rings. The van der Waals surface area contributed by atoms with Gasteiger partial charge in [0.2, 0.25) is 0 Å². The molecule has 0 spiro atoms. The number of alkyl halides is 3. The van der Waals surface area contributed by atoms with Crippen LogP contribution in [0.3, 0.4) is 0 Å². The number of aromatic nitrogens is 2. The van der Waals surface area contributed by atoms with Crippen LogP contribution in [0.2, 0.25) is 0 Å². The van der Waals surface area contributed by atoms with Crippen molar-refractivity contribution in [1.82, 2.24) is 9.36 Å². The summed E-state index contributed by atoms with van der Waals surface area (Å²) in [6.07, 6.45) is -4.60. The Morgan fingerprint density at radius 1 is 1.15 bits per heavy atom. The predicted molar refractivity (Wildman–Crippen MR) is 70.7 cm³/mol. The zero-order chi connectivity index (χ0) is 14.3. The van der Waals surface area contributed by atoms with Crippen LogP contribution in [0.25, 0.3) is 21.5 Å². The molecule has 1 N–H and O–H groups in total. The van der Waals surface area contributed by atoms with Gasteiger partial charge in [-0.25, -0.2) is 4.98 Å². The van der Waals surface area contributed by atoms with Gasteiger partial charge in [-0.3, -0.25) is 9.17 Å². The molecule has 0 fully saturated rings. The molecule has 0 bridgehead atoms. The van der Waals surface area contributed by atoms with Gasteiger partial charge in [-0.2, -0.15) is 13.2 Å². The molecule has 20 heavy (non-hydrogen) atoms. The lowest BCUT2D eigenvalue weighted by molar-refractivity contribution is -0.136. The van der Waals surface area contributed by atoms with Gasteiger partial charge in [0.1, 0.15) is 4.83 Å². The molecule has 0 saturated carbocycles. The second-order valence-corrected chi connectivity index (χ2v) is 4.93. The average Bonchev–Trinajstić information content (AvgIpc) is 2.79. The van der Waals surface area contributed by atoms with Gasteiger partial charge in [-0.1, -0.05) is 30.3 Å². The Hall–Kier alpha value is -2.15. The Morgan fingerprint density at radius 3 is 2.50 bits per heavy atom. The van der Waals surface area contributed by atoms with Gasteiger partial charge >= 0.3 is 6.18 Å². The summed E-state index contributed by atoms with van der Waals surface area (Å²) >= 11 is 0.804. The van der Waals surface area contributed by atoms with Crippen molar-refractivity contribution in [2.45, 2.75) is 6.18 Å². The third-order valence-electron chi connectivity index (χ3n) is 2.83. The number of nitrogens with zero attached hydrogens (tertiary/aromatic N) is 1. The van der Waals surface area contributed by atoms with Crippen molar-refractivity contribution in [1.29, 1.82) is 0 Å². The number of H-pyrrole nitrogens is 1. The molecule has 0 atom stereocenters. The van der Waals surface area contributed by atoms with E-state index < -0.39 is 22.7 Å². The Bertz CT molecular complexity index is 821. The van der Waals surface area contributed by atoms with Crippen LogP contribution in [-0.2, 0) is 6.18 Å². The van der Waals surface area contributed by atoms with Gasteiger partial charge in [-0.05, 0) is 17.6 Å². The van der Waals surface area contributed by atoms with Crippen molar-refractivity contribution in [3.8, 4) is 11.3 Å². The summed E-state index contributed by atoms with van der Waals surface area (Å²) in [5.41, 5.74) is -0.949. The SMILES string of the molecule is O=c1[nH]sc2nc(-c3ccccc3)cc(C(F)(F)F)c12. The van der Waals surface area contributed by atoms with E-state index in [0.717, 1.165) is 17.6 Å². The highest BCUT2D eigenvalue weighted by atomic mass is 32.1. The Kier molecular flexibility index (Phi) is 2.86. The van der Waals surface area contributed by atoms with Crippen LogP contribution in [-0.4, -0.2) is 9.36 Å². The van der Waals surface area contributed by atoms with Crippen LogP contribution in [0.15, 0.2) is 41.2 Å². The molecule has 7 heteroatoms. The number of rotatable bonds is 1. The molecule has 2 heterocycles. The Balaban J connectivity index is 2.35. The first-order valence-electron chi connectivity index (χ1n) is 5.61. The second-order valence-electron chi connectivity index (χ2n) is 4.13. The molecule has 0 amide bonds. The van der Waals surface area contributed by atoms with Gasteiger partial charge < -0.3 is 0 Å². The molecule has 0 radical (unpaired) electrons. The maximum Gasteiger partial charge on any atom is 0.417 e. The minimum absolute atomic E-state index is 0.0590. The van der Waals surface area contributed by atoms with E-state index in [-0.39, 0.29) is 10.5 Å². The Labute approximate surface area is 114 Å². The molecule has 0 unspecified atom stereocenters. The molecule has 102 valence electrons.